The lowest BCUT2D eigenvalue weighted by atomic mass is 10.1. The van der Waals surface area contributed by atoms with Crippen LogP contribution in [0, 0.1) is 5.92 Å². The molecule has 0 aromatic carbocycles. The van der Waals surface area contributed by atoms with Crippen molar-refractivity contribution in [3.63, 3.8) is 0 Å². The molecule has 0 aromatic heterocycles. The quantitative estimate of drug-likeness (QED) is 0.697. The predicted octanol–water partition coefficient (Wildman–Crippen LogP) is 0.439. The van der Waals surface area contributed by atoms with Crippen LogP contribution in [-0.2, 0) is 4.79 Å². The number of thiocarbonyl (C=S) groups is 1. The van der Waals surface area contributed by atoms with Crippen LogP contribution in [0.15, 0.2) is 0 Å². The van der Waals surface area contributed by atoms with Crippen LogP contribution in [-0.4, -0.2) is 65.5 Å². The van der Waals surface area contributed by atoms with E-state index in [-0.39, 0.29) is 18.0 Å². The molecule has 0 spiro atoms. The van der Waals surface area contributed by atoms with Gasteiger partial charge < -0.3 is 11.1 Å². The van der Waals surface area contributed by atoms with E-state index in [1.807, 2.05) is 13.8 Å². The average Bonchev–Trinajstić information content (AvgIpc) is 2.38. The zero-order valence-corrected chi connectivity index (χ0v) is 13.9. The van der Waals surface area contributed by atoms with Crippen molar-refractivity contribution in [3.8, 4) is 0 Å². The minimum absolute atomic E-state index is 0.113. The highest BCUT2D eigenvalue weighted by Gasteiger charge is 2.23. The molecule has 1 aliphatic rings. The summed E-state index contributed by atoms with van der Waals surface area (Å²) in [5.41, 5.74) is 5.68. The molecule has 0 aliphatic carbocycles. The van der Waals surface area contributed by atoms with Crippen LogP contribution in [0.1, 0.15) is 27.7 Å². The van der Waals surface area contributed by atoms with Gasteiger partial charge in [0.25, 0.3) is 0 Å². The molecule has 1 saturated heterocycles. The van der Waals surface area contributed by atoms with E-state index in [9.17, 15) is 4.79 Å². The van der Waals surface area contributed by atoms with Gasteiger partial charge in [-0.3, -0.25) is 14.6 Å². The van der Waals surface area contributed by atoms with E-state index in [1.54, 1.807) is 0 Å². The molecule has 1 aliphatic heterocycles. The summed E-state index contributed by atoms with van der Waals surface area (Å²) >= 11 is 5.03. The molecule has 116 valence electrons. The molecule has 0 aromatic rings. The van der Waals surface area contributed by atoms with Crippen molar-refractivity contribution in [1.82, 2.24) is 15.1 Å². The molecule has 2 unspecified atom stereocenters. The van der Waals surface area contributed by atoms with Crippen molar-refractivity contribution in [2.75, 3.05) is 32.7 Å². The van der Waals surface area contributed by atoms with Crippen molar-refractivity contribution in [2.45, 2.75) is 39.8 Å². The maximum absolute atomic E-state index is 11.9. The molecule has 2 atom stereocenters. The third kappa shape index (κ3) is 5.34. The molecule has 0 radical (unpaired) electrons. The van der Waals surface area contributed by atoms with Crippen LogP contribution in [0.4, 0.5) is 0 Å². The van der Waals surface area contributed by atoms with Crippen molar-refractivity contribution in [1.29, 1.82) is 0 Å². The first-order chi connectivity index (χ1) is 9.31. The molecule has 0 saturated carbocycles. The van der Waals surface area contributed by atoms with Crippen LogP contribution >= 0.6 is 12.2 Å². The standard InChI is InChI=1S/C14H28N4OS/c1-10(2)11(3)16-13(19)9-17-5-7-18(8-6-17)12(4)14(15)20/h10-12H,5-9H2,1-4H3,(H2,15,20)(H,16,19). The van der Waals surface area contributed by atoms with Crippen LogP contribution < -0.4 is 11.1 Å². The minimum Gasteiger partial charge on any atom is -0.392 e. The monoisotopic (exact) mass is 300 g/mol. The van der Waals surface area contributed by atoms with Crippen LogP contribution in [0.25, 0.3) is 0 Å². The first-order valence-electron chi connectivity index (χ1n) is 7.36. The van der Waals surface area contributed by atoms with Crippen LogP contribution in [0.5, 0.6) is 0 Å². The van der Waals surface area contributed by atoms with Gasteiger partial charge in [-0.05, 0) is 19.8 Å². The summed E-state index contributed by atoms with van der Waals surface area (Å²) in [6.45, 7) is 12.4. The highest BCUT2D eigenvalue weighted by molar-refractivity contribution is 7.80. The Morgan fingerprint density at radius 2 is 1.75 bits per heavy atom. The van der Waals surface area contributed by atoms with Gasteiger partial charge in [-0.25, -0.2) is 0 Å². The molecule has 6 heteroatoms. The highest BCUT2D eigenvalue weighted by atomic mass is 32.1. The van der Waals surface area contributed by atoms with Gasteiger partial charge in [0.1, 0.15) is 0 Å². The lowest BCUT2D eigenvalue weighted by Crippen LogP contribution is -2.54. The van der Waals surface area contributed by atoms with Crippen LogP contribution in [0.2, 0.25) is 0 Å². The van der Waals surface area contributed by atoms with E-state index in [2.05, 4.69) is 29.0 Å². The summed E-state index contributed by atoms with van der Waals surface area (Å²) in [5, 5.41) is 3.04. The summed E-state index contributed by atoms with van der Waals surface area (Å²) in [4.78, 5) is 16.9. The molecular formula is C14H28N4OS. The Hall–Kier alpha value is -0.720. The van der Waals surface area contributed by atoms with Crippen LogP contribution in [0.3, 0.4) is 0 Å². The third-order valence-corrected chi connectivity index (χ3v) is 4.46. The number of carbonyl (C=O) groups excluding carboxylic acids is 1. The maximum atomic E-state index is 11.9. The van der Waals surface area contributed by atoms with Crippen molar-refractivity contribution in [3.05, 3.63) is 0 Å². The molecule has 3 N–H and O–H groups in total. The molecule has 20 heavy (non-hydrogen) atoms. The second-order valence-electron chi connectivity index (χ2n) is 5.99. The summed E-state index contributed by atoms with van der Waals surface area (Å²) in [7, 11) is 0. The number of nitrogens with one attached hydrogen (secondary N) is 1. The SMILES string of the molecule is CC(C)C(C)NC(=O)CN1CCN(C(C)C(N)=S)CC1. The highest BCUT2D eigenvalue weighted by Crippen LogP contribution is 2.07. The smallest absolute Gasteiger partial charge is 0.234 e. The van der Waals surface area contributed by atoms with E-state index in [0.29, 0.717) is 17.5 Å². The summed E-state index contributed by atoms with van der Waals surface area (Å²) < 4.78 is 0. The number of hydrogen-bond donors (Lipinski definition) is 2. The van der Waals surface area contributed by atoms with Gasteiger partial charge in [0, 0.05) is 32.2 Å². The van der Waals surface area contributed by atoms with Gasteiger partial charge in [-0.15, -0.1) is 0 Å². The maximum Gasteiger partial charge on any atom is 0.234 e. The van der Waals surface area contributed by atoms with Gasteiger partial charge in [0.2, 0.25) is 5.91 Å². The fourth-order valence-electron chi connectivity index (χ4n) is 2.16. The summed E-state index contributed by atoms with van der Waals surface area (Å²) in [6, 6.07) is 0.361. The Kier molecular flexibility index (Phi) is 6.85. The van der Waals surface area contributed by atoms with E-state index >= 15 is 0 Å². The Balaban J connectivity index is 2.32. The number of carbonyl (C=O) groups is 1. The zero-order chi connectivity index (χ0) is 15.3. The Bertz CT molecular complexity index is 340. The van der Waals surface area contributed by atoms with Gasteiger partial charge >= 0.3 is 0 Å². The van der Waals surface area contributed by atoms with E-state index in [4.69, 9.17) is 18.0 Å². The van der Waals surface area contributed by atoms with Gasteiger partial charge in [-0.2, -0.15) is 0 Å². The topological polar surface area (TPSA) is 61.6 Å². The molecule has 1 rings (SSSR count). The fourth-order valence-corrected chi connectivity index (χ4v) is 2.31. The number of amides is 1. The molecule has 1 heterocycles. The van der Waals surface area contributed by atoms with Gasteiger partial charge in [0.05, 0.1) is 17.6 Å². The third-order valence-electron chi connectivity index (χ3n) is 4.12. The predicted molar refractivity (Wildman–Crippen MR) is 86.7 cm³/mol. The second kappa shape index (κ2) is 7.90. The van der Waals surface area contributed by atoms with Gasteiger partial charge in [0.15, 0.2) is 0 Å². The first kappa shape index (κ1) is 17.3. The van der Waals surface area contributed by atoms with Gasteiger partial charge in [-0.1, -0.05) is 26.1 Å². The summed E-state index contributed by atoms with van der Waals surface area (Å²) in [5.74, 6) is 0.573. The number of piperazine rings is 1. The van der Waals surface area contributed by atoms with E-state index < -0.39 is 0 Å². The number of nitrogens with zero attached hydrogens (tertiary/aromatic N) is 2. The normalized spacial score (nSPS) is 20.6. The Morgan fingerprint density at radius 1 is 1.20 bits per heavy atom. The fraction of sp³-hybridized carbons (Fsp3) is 0.857. The average molecular weight is 300 g/mol. The molecular weight excluding hydrogens is 272 g/mol. The number of rotatable bonds is 6. The van der Waals surface area contributed by atoms with Crippen molar-refractivity contribution in [2.24, 2.45) is 11.7 Å². The lowest BCUT2D eigenvalue weighted by Gasteiger charge is -2.37. The number of hydrogen-bond acceptors (Lipinski definition) is 4. The lowest BCUT2D eigenvalue weighted by molar-refractivity contribution is -0.123. The Morgan fingerprint density at radius 3 is 2.20 bits per heavy atom. The van der Waals surface area contributed by atoms with E-state index in [0.717, 1.165) is 26.2 Å². The minimum atomic E-state index is 0.113. The van der Waals surface area contributed by atoms with Crippen molar-refractivity contribution < 1.29 is 4.79 Å². The first-order valence-corrected chi connectivity index (χ1v) is 7.77. The Labute approximate surface area is 127 Å². The number of nitrogens with two attached hydrogens (primary N) is 1. The zero-order valence-electron chi connectivity index (χ0n) is 13.1. The second-order valence-corrected chi connectivity index (χ2v) is 6.46. The summed E-state index contributed by atoms with van der Waals surface area (Å²) in [6.07, 6.45) is 0. The molecule has 1 fully saturated rings. The van der Waals surface area contributed by atoms with E-state index in [1.165, 1.54) is 0 Å². The molecule has 5 nitrogen and oxygen atoms in total. The molecule has 0 bridgehead atoms. The largest absolute Gasteiger partial charge is 0.392 e. The molecule has 1 amide bonds. The van der Waals surface area contributed by atoms with Crippen molar-refractivity contribution >= 4 is 23.1 Å².